The van der Waals surface area contributed by atoms with E-state index >= 15 is 0 Å². The van der Waals surface area contributed by atoms with Crippen molar-refractivity contribution in [2.75, 3.05) is 0 Å². The largest absolute Gasteiger partial charge is 0.508 e. The summed E-state index contributed by atoms with van der Waals surface area (Å²) in [6.45, 7) is 2.07. The minimum Gasteiger partial charge on any atom is -0.508 e. The van der Waals surface area contributed by atoms with Crippen LogP contribution in [-0.4, -0.2) is 5.11 Å². The molecule has 1 rings (SSSR count). The molecule has 0 amide bonds. The first kappa shape index (κ1) is 15.2. The maximum absolute atomic E-state index is 9.73. The normalized spacial score (nSPS) is 12.0. The molecule has 0 bridgehead atoms. The van der Waals surface area contributed by atoms with Crippen LogP contribution in [0.25, 0.3) is 0 Å². The number of nitrogens with two attached hydrogens (primary N) is 1. The Morgan fingerprint density at radius 1 is 1.40 bits per heavy atom. The summed E-state index contributed by atoms with van der Waals surface area (Å²) < 4.78 is 1.69. The van der Waals surface area contributed by atoms with Gasteiger partial charge in [-0.2, -0.15) is 0 Å². The molecule has 1 aromatic rings. The van der Waals surface area contributed by atoms with Crippen molar-refractivity contribution in [3.8, 4) is 5.75 Å². The van der Waals surface area contributed by atoms with Crippen molar-refractivity contribution in [3.05, 3.63) is 26.6 Å². The minimum absolute atomic E-state index is 0. The average molecular weight is 359 g/mol. The standard InChI is InChI=1S/C10H13Br2NO.ClH/c1-2-3-8(13)10-7(12)4-6(11)5-9(10)14;/h4-5,8,14H,2-3,13H2,1H3;1H/t8-;/m0./s1. The lowest BCUT2D eigenvalue weighted by Gasteiger charge is -2.14. The van der Waals surface area contributed by atoms with Crippen molar-refractivity contribution in [3.63, 3.8) is 0 Å². The van der Waals surface area contributed by atoms with Crippen LogP contribution in [0.4, 0.5) is 0 Å². The molecule has 0 aliphatic heterocycles. The van der Waals surface area contributed by atoms with Gasteiger partial charge >= 0.3 is 0 Å². The van der Waals surface area contributed by atoms with Gasteiger partial charge in [-0.1, -0.05) is 45.2 Å². The van der Waals surface area contributed by atoms with Gasteiger partial charge in [-0.05, 0) is 18.6 Å². The van der Waals surface area contributed by atoms with Crippen molar-refractivity contribution in [2.45, 2.75) is 25.8 Å². The predicted octanol–water partition coefficient (Wildman–Crippen LogP) is 4.14. The lowest BCUT2D eigenvalue weighted by Crippen LogP contribution is -2.10. The predicted molar refractivity (Wildman–Crippen MR) is 72.6 cm³/mol. The summed E-state index contributed by atoms with van der Waals surface area (Å²) in [5.41, 5.74) is 6.74. The molecule has 0 aromatic heterocycles. The zero-order chi connectivity index (χ0) is 10.7. The van der Waals surface area contributed by atoms with Gasteiger partial charge in [0.15, 0.2) is 0 Å². The molecule has 0 heterocycles. The van der Waals surface area contributed by atoms with E-state index in [1.165, 1.54) is 0 Å². The van der Waals surface area contributed by atoms with Crippen LogP contribution in [0.2, 0.25) is 0 Å². The molecular formula is C10H14Br2ClNO. The maximum atomic E-state index is 9.73. The zero-order valence-corrected chi connectivity index (χ0v) is 12.3. The van der Waals surface area contributed by atoms with Gasteiger partial charge in [-0.15, -0.1) is 12.4 Å². The molecule has 0 saturated heterocycles. The van der Waals surface area contributed by atoms with Gasteiger partial charge in [-0.3, -0.25) is 0 Å². The van der Waals surface area contributed by atoms with Crippen LogP contribution in [0, 0.1) is 0 Å². The van der Waals surface area contributed by atoms with E-state index in [-0.39, 0.29) is 24.2 Å². The summed E-state index contributed by atoms with van der Waals surface area (Å²) in [4.78, 5) is 0. The molecule has 0 fully saturated rings. The van der Waals surface area contributed by atoms with Crippen LogP contribution in [0.5, 0.6) is 5.75 Å². The summed E-state index contributed by atoms with van der Waals surface area (Å²) in [6, 6.07) is 3.45. The summed E-state index contributed by atoms with van der Waals surface area (Å²) in [5.74, 6) is 0.243. The minimum atomic E-state index is -0.109. The molecule has 3 N–H and O–H groups in total. The first-order valence-electron chi connectivity index (χ1n) is 4.49. The molecule has 86 valence electrons. The maximum Gasteiger partial charge on any atom is 0.122 e. The van der Waals surface area contributed by atoms with Crippen LogP contribution in [0.1, 0.15) is 31.4 Å². The third-order valence-corrected chi connectivity index (χ3v) is 3.16. The quantitative estimate of drug-likeness (QED) is 0.852. The first-order chi connectivity index (χ1) is 6.56. The second-order valence-corrected chi connectivity index (χ2v) is 4.99. The van der Waals surface area contributed by atoms with E-state index in [9.17, 15) is 5.11 Å². The number of rotatable bonds is 3. The Bertz CT molecular complexity index is 310. The SMILES string of the molecule is CCC[C@H](N)c1c(O)cc(Br)cc1Br.Cl. The molecule has 2 nitrogen and oxygen atoms in total. The summed E-state index contributed by atoms with van der Waals surface area (Å²) in [5, 5.41) is 9.73. The Balaban J connectivity index is 0.00000196. The lowest BCUT2D eigenvalue weighted by molar-refractivity contribution is 0.456. The van der Waals surface area contributed by atoms with Gasteiger partial charge < -0.3 is 10.8 Å². The van der Waals surface area contributed by atoms with E-state index in [4.69, 9.17) is 5.73 Å². The molecule has 15 heavy (non-hydrogen) atoms. The van der Waals surface area contributed by atoms with Crippen molar-refractivity contribution < 1.29 is 5.11 Å². The number of aromatic hydroxyl groups is 1. The van der Waals surface area contributed by atoms with E-state index in [1.807, 2.05) is 6.07 Å². The number of benzene rings is 1. The highest BCUT2D eigenvalue weighted by molar-refractivity contribution is 9.11. The Morgan fingerprint density at radius 3 is 2.47 bits per heavy atom. The van der Waals surface area contributed by atoms with Gasteiger partial charge in [0.05, 0.1) is 0 Å². The topological polar surface area (TPSA) is 46.2 Å². The van der Waals surface area contributed by atoms with Crippen LogP contribution in [0.3, 0.4) is 0 Å². The van der Waals surface area contributed by atoms with E-state index < -0.39 is 0 Å². The molecule has 1 aromatic carbocycles. The highest BCUT2D eigenvalue weighted by Gasteiger charge is 2.14. The first-order valence-corrected chi connectivity index (χ1v) is 6.08. The second kappa shape index (κ2) is 6.74. The average Bonchev–Trinajstić information content (AvgIpc) is 2.01. The molecule has 5 heteroatoms. The van der Waals surface area contributed by atoms with Crippen LogP contribution in [0.15, 0.2) is 21.1 Å². The second-order valence-electron chi connectivity index (χ2n) is 3.22. The fraction of sp³-hybridized carbons (Fsp3) is 0.400. The monoisotopic (exact) mass is 357 g/mol. The third kappa shape index (κ3) is 3.94. The van der Waals surface area contributed by atoms with Gasteiger partial charge in [0.2, 0.25) is 0 Å². The van der Waals surface area contributed by atoms with Crippen LogP contribution in [-0.2, 0) is 0 Å². The van der Waals surface area contributed by atoms with Crippen LogP contribution >= 0.6 is 44.3 Å². The van der Waals surface area contributed by atoms with Gasteiger partial charge in [-0.25, -0.2) is 0 Å². The molecule has 1 atom stereocenters. The van der Waals surface area contributed by atoms with E-state index in [0.29, 0.717) is 0 Å². The summed E-state index contributed by atoms with van der Waals surface area (Å²) >= 11 is 6.70. The number of phenols is 1. The lowest BCUT2D eigenvalue weighted by atomic mass is 10.0. The van der Waals surface area contributed by atoms with Gasteiger partial charge in [0.1, 0.15) is 5.75 Å². The third-order valence-electron chi connectivity index (χ3n) is 2.04. The molecule has 0 aliphatic rings. The Hall–Kier alpha value is 0.230. The Labute approximate surface area is 113 Å². The summed E-state index contributed by atoms with van der Waals surface area (Å²) in [6.07, 6.45) is 1.87. The number of hydrogen-bond acceptors (Lipinski definition) is 2. The van der Waals surface area contributed by atoms with E-state index in [0.717, 1.165) is 27.4 Å². The fourth-order valence-electron chi connectivity index (χ4n) is 1.39. The Kier molecular flexibility index (Phi) is 6.84. The summed E-state index contributed by atoms with van der Waals surface area (Å²) in [7, 11) is 0. The highest BCUT2D eigenvalue weighted by atomic mass is 79.9. The molecule has 0 unspecified atom stereocenters. The van der Waals surface area contributed by atoms with Crippen molar-refractivity contribution >= 4 is 44.3 Å². The molecule has 0 aliphatic carbocycles. The highest BCUT2D eigenvalue weighted by Crippen LogP contribution is 2.35. The van der Waals surface area contributed by atoms with Crippen molar-refractivity contribution in [2.24, 2.45) is 5.73 Å². The zero-order valence-electron chi connectivity index (χ0n) is 8.34. The van der Waals surface area contributed by atoms with E-state index in [1.54, 1.807) is 6.07 Å². The van der Waals surface area contributed by atoms with Gasteiger partial charge in [0.25, 0.3) is 0 Å². The molecular weight excluding hydrogens is 345 g/mol. The molecule has 0 radical (unpaired) electrons. The van der Waals surface area contributed by atoms with E-state index in [2.05, 4.69) is 38.8 Å². The molecule has 0 saturated carbocycles. The van der Waals surface area contributed by atoms with Crippen molar-refractivity contribution in [1.82, 2.24) is 0 Å². The fourth-order valence-corrected chi connectivity index (χ4v) is 2.89. The number of phenolic OH excluding ortho intramolecular Hbond substituents is 1. The van der Waals surface area contributed by atoms with Gasteiger partial charge in [0, 0.05) is 20.6 Å². The Morgan fingerprint density at radius 2 is 2.00 bits per heavy atom. The smallest absolute Gasteiger partial charge is 0.122 e. The van der Waals surface area contributed by atoms with Crippen molar-refractivity contribution in [1.29, 1.82) is 0 Å². The molecule has 0 spiro atoms. The number of hydrogen-bond donors (Lipinski definition) is 2. The number of halogens is 3. The van der Waals surface area contributed by atoms with Crippen LogP contribution < -0.4 is 5.73 Å².